The van der Waals surface area contributed by atoms with Crippen molar-refractivity contribution in [1.29, 1.82) is 0 Å². The van der Waals surface area contributed by atoms with Gasteiger partial charge in [-0.3, -0.25) is 28.8 Å². The summed E-state index contributed by atoms with van der Waals surface area (Å²) >= 11 is 25.1. The van der Waals surface area contributed by atoms with Gasteiger partial charge < -0.3 is 40.5 Å². The second kappa shape index (κ2) is 40.5. The number of hydrogen-bond acceptors (Lipinski definition) is 10. The number of anilines is 4. The summed E-state index contributed by atoms with van der Waals surface area (Å²) in [7, 11) is 0. The third kappa shape index (κ3) is 21.7. The van der Waals surface area contributed by atoms with Crippen LogP contribution in [0, 0.1) is 27.7 Å². The number of hydrogen-bond donors (Lipinski definition) is 4. The van der Waals surface area contributed by atoms with E-state index in [-0.39, 0.29) is 36.1 Å². The van der Waals surface area contributed by atoms with E-state index in [4.69, 9.17) is 55.9 Å². The molecule has 0 aromatic heterocycles. The molecule has 4 heterocycles. The Bertz CT molecular complexity index is 4690. The molecule has 0 radical (unpaired) electrons. The molecule has 18 heteroatoms. The standard InChI is InChI=1S/2C41H35Cl2N3O3.C6H12.2C4H8O/c2*1-26-15-19-29(20-16-26)36-35(38(47)39(48)44-33-13-7-11-31(42)23-33)37(30-21-17-27(2)18-22-30)46(25-28-9-5-4-6-10-28)41(36,3)40(49)45-34-14-8-12-32(43)24-34;1-2-4-6-5-3-1;2*1-2-4-5-3-1/h2*4-24,36H,25H2,1-3H3,(H,44,48)(H,45,49);1-6H2;2*1-4H2/t2*36-,41+;;;/m10.../s1. The number of amides is 4. The van der Waals surface area contributed by atoms with E-state index in [1.54, 1.807) is 97.1 Å². The SMILES string of the molecule is C1CCCCC1.C1CCOC1.C1CCOC1.Cc1ccc(C2=C(C(=O)C(=O)Nc3cccc(Cl)c3)[C@@H](c3ccc(C)cc3)[C@@](C)(C(=O)Nc3cccc(Cl)c3)N2Cc2ccccc2)cc1.Cc1ccc(C2=C(C(=O)C(=O)Nc3cccc(Cl)c3)[C@H](c3ccc(C)cc3)[C@](C)(C(=O)Nc3cccc(Cl)c3)N2Cc2ccccc2)cc1. The Balaban J connectivity index is 0.000000187. The number of carbonyl (C=O) groups excluding carboxylic acids is 6. The highest BCUT2D eigenvalue weighted by Crippen LogP contribution is 2.55. The topological polar surface area (TPSA) is 175 Å². The lowest BCUT2D eigenvalue weighted by Crippen LogP contribution is -2.54. The van der Waals surface area contributed by atoms with E-state index >= 15 is 0 Å². The molecular formula is C96H98Cl4N6O8. The molecule has 4 amide bonds. The minimum absolute atomic E-state index is 0.215. The largest absolute Gasteiger partial charge is 0.381 e. The van der Waals surface area contributed by atoms with Crippen molar-refractivity contribution in [2.75, 3.05) is 47.7 Å². The Morgan fingerprint density at radius 1 is 0.342 bits per heavy atom. The molecule has 4 aliphatic heterocycles. The fourth-order valence-corrected chi connectivity index (χ4v) is 15.7. The third-order valence-corrected chi connectivity index (χ3v) is 22.0. The number of aryl methyl sites for hydroxylation is 4. The van der Waals surface area contributed by atoms with Crippen LogP contribution in [0.25, 0.3) is 11.4 Å². The maximum absolute atomic E-state index is 14.9. The predicted octanol–water partition coefficient (Wildman–Crippen LogP) is 22.4. The van der Waals surface area contributed by atoms with E-state index in [0.717, 1.165) is 59.8 Å². The Hall–Kier alpha value is -10.4. The fraction of sp³-hybridized carbons (Fsp3) is 0.271. The molecule has 5 aliphatic rings. The van der Waals surface area contributed by atoms with Gasteiger partial charge >= 0.3 is 0 Å². The van der Waals surface area contributed by atoms with Gasteiger partial charge in [0.25, 0.3) is 23.6 Å². The molecular weight excluding hydrogens is 1510 g/mol. The number of ether oxygens (including phenoxy) is 2. The van der Waals surface area contributed by atoms with Crippen molar-refractivity contribution in [3.63, 3.8) is 0 Å². The second-order valence-corrected chi connectivity index (χ2v) is 31.4. The number of benzene rings is 10. The zero-order chi connectivity index (χ0) is 80.7. The number of ketones is 2. The number of halogens is 4. The Morgan fingerprint density at radius 2 is 0.614 bits per heavy atom. The van der Waals surface area contributed by atoms with Gasteiger partial charge in [-0.2, -0.15) is 0 Å². The minimum Gasteiger partial charge on any atom is -0.381 e. The van der Waals surface area contributed by atoms with Gasteiger partial charge in [-0.05, 0) is 173 Å². The van der Waals surface area contributed by atoms with Gasteiger partial charge in [0.15, 0.2) is 0 Å². The summed E-state index contributed by atoms with van der Waals surface area (Å²) in [5, 5.41) is 13.5. The van der Waals surface area contributed by atoms with Gasteiger partial charge in [0.1, 0.15) is 11.1 Å². The van der Waals surface area contributed by atoms with Crippen LogP contribution >= 0.6 is 46.4 Å². The molecule has 1 saturated carbocycles. The lowest BCUT2D eigenvalue weighted by Gasteiger charge is -2.41. The van der Waals surface area contributed by atoms with E-state index in [9.17, 15) is 28.8 Å². The molecule has 14 nitrogen and oxygen atoms in total. The first-order valence-corrected chi connectivity index (χ1v) is 40.5. The third-order valence-electron chi connectivity index (χ3n) is 21.0. The first kappa shape index (κ1) is 84.5. The summed E-state index contributed by atoms with van der Waals surface area (Å²) in [4.78, 5) is 91.3. The van der Waals surface area contributed by atoms with Crippen LogP contribution in [0.5, 0.6) is 0 Å². The summed E-state index contributed by atoms with van der Waals surface area (Å²) in [6.45, 7) is 16.1. The smallest absolute Gasteiger partial charge is 0.296 e. The summed E-state index contributed by atoms with van der Waals surface area (Å²) in [6, 6.07) is 77.7. The molecule has 1 aliphatic carbocycles. The minimum atomic E-state index is -1.41. The molecule has 10 aromatic rings. The molecule has 2 saturated heterocycles. The van der Waals surface area contributed by atoms with Crippen LogP contribution in [0.2, 0.25) is 20.1 Å². The Kier molecular flexibility index (Phi) is 30.0. The maximum Gasteiger partial charge on any atom is 0.296 e. The van der Waals surface area contributed by atoms with Crippen LogP contribution < -0.4 is 21.3 Å². The van der Waals surface area contributed by atoms with E-state index < -0.39 is 46.3 Å². The molecule has 0 unspecified atom stereocenters. The molecule has 0 bridgehead atoms. The first-order valence-electron chi connectivity index (χ1n) is 39.0. The van der Waals surface area contributed by atoms with Gasteiger partial charge in [-0.15, -0.1) is 0 Å². The zero-order valence-electron chi connectivity index (χ0n) is 65.4. The van der Waals surface area contributed by atoms with Crippen molar-refractivity contribution >= 4 is 116 Å². The first-order chi connectivity index (χ1) is 55.1. The molecule has 3 fully saturated rings. The maximum atomic E-state index is 14.9. The number of nitrogens with zero attached hydrogens (tertiary/aromatic N) is 2. The zero-order valence-corrected chi connectivity index (χ0v) is 68.4. The average molecular weight is 1610 g/mol. The molecule has 0 spiro atoms. The summed E-state index contributed by atoms with van der Waals surface area (Å²) in [6.07, 6.45) is 14.1. The molecule has 4 atom stereocenters. The summed E-state index contributed by atoms with van der Waals surface area (Å²) in [5.41, 5.74) is 9.19. The molecule has 588 valence electrons. The Morgan fingerprint density at radius 3 is 0.877 bits per heavy atom. The van der Waals surface area contributed by atoms with E-state index in [1.807, 2.05) is 209 Å². The van der Waals surface area contributed by atoms with Crippen LogP contribution in [0.3, 0.4) is 0 Å². The van der Waals surface area contributed by atoms with Crippen molar-refractivity contribution in [2.24, 2.45) is 0 Å². The van der Waals surface area contributed by atoms with E-state index in [2.05, 4.69) is 21.3 Å². The average Bonchev–Trinajstić information content (AvgIpc) is 1.55. The highest BCUT2D eigenvalue weighted by molar-refractivity contribution is 6.49. The van der Waals surface area contributed by atoms with E-state index in [1.165, 1.54) is 64.2 Å². The fourth-order valence-electron chi connectivity index (χ4n) is 14.9. The molecule has 10 aromatic carbocycles. The van der Waals surface area contributed by atoms with Gasteiger partial charge in [-0.1, -0.05) is 289 Å². The van der Waals surface area contributed by atoms with Crippen LogP contribution in [0.1, 0.15) is 146 Å². The number of nitrogens with one attached hydrogen (secondary N) is 4. The highest BCUT2D eigenvalue weighted by atomic mass is 35.5. The molecule has 4 N–H and O–H groups in total. The highest BCUT2D eigenvalue weighted by Gasteiger charge is 2.59. The molecule has 15 rings (SSSR count). The van der Waals surface area contributed by atoms with Gasteiger partial charge in [0.05, 0.1) is 11.4 Å². The van der Waals surface area contributed by atoms with Gasteiger partial charge in [0.2, 0.25) is 11.6 Å². The van der Waals surface area contributed by atoms with Gasteiger partial charge in [-0.25, -0.2) is 0 Å². The predicted molar refractivity (Wildman–Crippen MR) is 463 cm³/mol. The van der Waals surface area contributed by atoms with Crippen molar-refractivity contribution in [3.05, 3.63) is 342 Å². The van der Waals surface area contributed by atoms with Crippen molar-refractivity contribution < 1.29 is 38.2 Å². The quantitative estimate of drug-likeness (QED) is 0.0605. The number of Topliss-reactive ketones (excluding diaryl/α,β-unsaturated/α-hetero) is 2. The second-order valence-electron chi connectivity index (χ2n) is 29.7. The van der Waals surface area contributed by atoms with Crippen LogP contribution in [0.15, 0.2) is 266 Å². The lowest BCUT2D eigenvalue weighted by molar-refractivity contribution is -0.133. The van der Waals surface area contributed by atoms with Crippen molar-refractivity contribution in [3.8, 4) is 0 Å². The lowest BCUT2D eigenvalue weighted by atomic mass is 9.75. The van der Waals surface area contributed by atoms with Crippen molar-refractivity contribution in [1.82, 2.24) is 9.80 Å². The normalized spacial score (nSPS) is 18.1. The number of carbonyl (C=O) groups is 6. The van der Waals surface area contributed by atoms with Crippen LogP contribution in [-0.2, 0) is 51.3 Å². The van der Waals surface area contributed by atoms with Crippen molar-refractivity contribution in [2.45, 2.75) is 142 Å². The number of rotatable bonds is 18. The van der Waals surface area contributed by atoms with Gasteiger partial charge in [0, 0.05) is 105 Å². The van der Waals surface area contributed by atoms with Crippen LogP contribution in [-0.4, -0.2) is 82.5 Å². The monoisotopic (exact) mass is 1600 g/mol. The summed E-state index contributed by atoms with van der Waals surface area (Å²) < 4.78 is 9.89. The Labute approximate surface area is 690 Å². The van der Waals surface area contributed by atoms with E-state index in [0.29, 0.717) is 76.5 Å². The summed E-state index contributed by atoms with van der Waals surface area (Å²) in [5.74, 6) is -5.61. The molecule has 114 heavy (non-hydrogen) atoms. The van der Waals surface area contributed by atoms with Crippen LogP contribution in [0.4, 0.5) is 22.7 Å².